The highest BCUT2D eigenvalue weighted by atomic mass is 16.1. The normalized spacial score (nSPS) is 11.1. The molecule has 2 N–H and O–H groups in total. The molecule has 1 aromatic heterocycles. The third-order valence-electron chi connectivity index (χ3n) is 2.11. The summed E-state index contributed by atoms with van der Waals surface area (Å²) >= 11 is 0. The molecule has 0 radical (unpaired) electrons. The highest BCUT2D eigenvalue weighted by Gasteiger charge is 2.01. The second kappa shape index (κ2) is 5.90. The number of carbonyl (C=O) groups excluding carboxylic acids is 1. The van der Waals surface area contributed by atoms with E-state index in [9.17, 15) is 4.79 Å². The molecule has 1 heterocycles. The van der Waals surface area contributed by atoms with Crippen molar-refractivity contribution in [2.24, 2.45) is 0 Å². The van der Waals surface area contributed by atoms with E-state index in [0.717, 1.165) is 23.4 Å². The number of allylic oxidation sites excluding steroid dienone is 1. The lowest BCUT2D eigenvalue weighted by Crippen LogP contribution is -2.06. The summed E-state index contributed by atoms with van der Waals surface area (Å²) < 4.78 is 0. The van der Waals surface area contributed by atoms with E-state index in [2.05, 4.69) is 22.5 Å². The Balaban J connectivity index is 2.85. The van der Waals surface area contributed by atoms with E-state index < -0.39 is 0 Å². The zero-order valence-electron chi connectivity index (χ0n) is 9.87. The zero-order chi connectivity index (χ0) is 12.0. The Kier molecular flexibility index (Phi) is 4.51. The summed E-state index contributed by atoms with van der Waals surface area (Å²) in [7, 11) is 1.86. The highest BCUT2D eigenvalue weighted by molar-refractivity contribution is 5.88. The monoisotopic (exact) mass is 219 g/mol. The molecule has 16 heavy (non-hydrogen) atoms. The van der Waals surface area contributed by atoms with Crippen LogP contribution < -0.4 is 10.6 Å². The minimum Gasteiger partial charge on any atom is -0.394 e. The van der Waals surface area contributed by atoms with E-state index in [0.29, 0.717) is 0 Å². The molecular formula is C12H17N3O. The number of anilines is 1. The lowest BCUT2D eigenvalue weighted by molar-refractivity contribution is -0.114. The first-order chi connectivity index (χ1) is 7.67. The van der Waals surface area contributed by atoms with Gasteiger partial charge in [0.25, 0.3) is 0 Å². The highest BCUT2D eigenvalue weighted by Crippen LogP contribution is 2.16. The van der Waals surface area contributed by atoms with Crippen molar-refractivity contribution in [1.29, 1.82) is 0 Å². The number of aromatic nitrogens is 1. The van der Waals surface area contributed by atoms with Gasteiger partial charge in [0, 0.05) is 20.2 Å². The Labute approximate surface area is 95.8 Å². The molecule has 0 saturated carbocycles. The maximum absolute atomic E-state index is 10.8. The fourth-order valence-electron chi connectivity index (χ4n) is 1.39. The van der Waals surface area contributed by atoms with Crippen LogP contribution in [0.3, 0.4) is 0 Å². The first kappa shape index (κ1) is 12.2. The fraction of sp³-hybridized carbons (Fsp3) is 0.333. The molecule has 0 bridgehead atoms. The van der Waals surface area contributed by atoms with Crippen LogP contribution in [0.4, 0.5) is 5.69 Å². The van der Waals surface area contributed by atoms with Gasteiger partial charge < -0.3 is 10.6 Å². The molecule has 0 unspecified atom stereocenters. The number of nitrogens with zero attached hydrogens (tertiary/aromatic N) is 1. The molecule has 0 saturated heterocycles. The summed E-state index contributed by atoms with van der Waals surface area (Å²) in [5.41, 5.74) is 2.78. The van der Waals surface area contributed by atoms with Gasteiger partial charge in [0.05, 0.1) is 17.6 Å². The average molecular weight is 219 g/mol. The van der Waals surface area contributed by atoms with Crippen LogP contribution in [0, 0.1) is 0 Å². The van der Waals surface area contributed by atoms with Gasteiger partial charge in [-0.1, -0.05) is 6.92 Å². The second-order valence-corrected chi connectivity index (χ2v) is 3.43. The minimum absolute atomic E-state index is 0.0870. The van der Waals surface area contributed by atoms with Crippen molar-refractivity contribution < 1.29 is 4.79 Å². The van der Waals surface area contributed by atoms with Crippen molar-refractivity contribution in [3.05, 3.63) is 30.2 Å². The predicted molar refractivity (Wildman–Crippen MR) is 65.9 cm³/mol. The lowest BCUT2D eigenvalue weighted by atomic mass is 10.1. The number of hydrogen-bond donors (Lipinski definition) is 2. The molecule has 1 aromatic rings. The number of rotatable bonds is 4. The quantitative estimate of drug-likeness (QED) is 0.814. The van der Waals surface area contributed by atoms with E-state index in [1.54, 1.807) is 6.20 Å². The van der Waals surface area contributed by atoms with Crippen LogP contribution >= 0.6 is 0 Å². The predicted octanol–water partition coefficient (Wildman–Crippen LogP) is 2.01. The maximum Gasteiger partial charge on any atom is 0.221 e. The van der Waals surface area contributed by atoms with Gasteiger partial charge in [-0.2, -0.15) is 0 Å². The van der Waals surface area contributed by atoms with Crippen LogP contribution in [0.5, 0.6) is 0 Å². The van der Waals surface area contributed by atoms with Crippen LogP contribution in [0.2, 0.25) is 0 Å². The summed E-state index contributed by atoms with van der Waals surface area (Å²) in [6.45, 7) is 3.55. The summed E-state index contributed by atoms with van der Waals surface area (Å²) in [5.74, 6) is -0.0870. The van der Waals surface area contributed by atoms with Gasteiger partial charge in [-0.25, -0.2) is 0 Å². The maximum atomic E-state index is 10.8. The topological polar surface area (TPSA) is 54.0 Å². The number of hydrogen-bond acceptors (Lipinski definition) is 3. The largest absolute Gasteiger partial charge is 0.394 e. The molecule has 1 rings (SSSR count). The Morgan fingerprint density at radius 3 is 2.69 bits per heavy atom. The fourth-order valence-corrected chi connectivity index (χ4v) is 1.39. The number of carbonyl (C=O) groups is 1. The summed E-state index contributed by atoms with van der Waals surface area (Å²) in [6, 6.07) is 3.75. The SMILES string of the molecule is CCC(=CNC)c1ccc(NC(C)=O)cn1. The van der Waals surface area contributed by atoms with Gasteiger partial charge >= 0.3 is 0 Å². The lowest BCUT2D eigenvalue weighted by Gasteiger charge is -2.06. The molecule has 1 amide bonds. The third kappa shape index (κ3) is 3.38. The van der Waals surface area contributed by atoms with E-state index in [1.165, 1.54) is 6.92 Å². The molecule has 0 aliphatic carbocycles. The van der Waals surface area contributed by atoms with Gasteiger partial charge in [-0.3, -0.25) is 9.78 Å². The second-order valence-electron chi connectivity index (χ2n) is 3.43. The standard InChI is InChI=1S/C12H17N3O/c1-4-10(7-13-3)12-6-5-11(8-14-12)15-9(2)16/h5-8,13H,4H2,1-3H3,(H,15,16). The molecule has 0 fully saturated rings. The van der Waals surface area contributed by atoms with Crippen molar-refractivity contribution in [1.82, 2.24) is 10.3 Å². The first-order valence-corrected chi connectivity index (χ1v) is 5.27. The number of amides is 1. The van der Waals surface area contributed by atoms with Crippen LogP contribution in [-0.2, 0) is 4.79 Å². The van der Waals surface area contributed by atoms with Crippen LogP contribution in [0.1, 0.15) is 26.0 Å². The minimum atomic E-state index is -0.0870. The van der Waals surface area contributed by atoms with Crippen molar-refractivity contribution in [2.45, 2.75) is 20.3 Å². The molecule has 0 aromatic carbocycles. The van der Waals surface area contributed by atoms with E-state index in [4.69, 9.17) is 0 Å². The Morgan fingerprint density at radius 1 is 1.50 bits per heavy atom. The van der Waals surface area contributed by atoms with Gasteiger partial charge in [-0.05, 0) is 24.1 Å². The van der Waals surface area contributed by atoms with Crippen molar-refractivity contribution >= 4 is 17.2 Å². The zero-order valence-corrected chi connectivity index (χ0v) is 9.87. The number of nitrogens with one attached hydrogen (secondary N) is 2. The molecular weight excluding hydrogens is 202 g/mol. The smallest absolute Gasteiger partial charge is 0.221 e. The van der Waals surface area contributed by atoms with Crippen LogP contribution in [-0.4, -0.2) is 17.9 Å². The first-order valence-electron chi connectivity index (χ1n) is 5.27. The van der Waals surface area contributed by atoms with Crippen molar-refractivity contribution in [3.8, 4) is 0 Å². The molecule has 0 aliphatic heterocycles. The van der Waals surface area contributed by atoms with Crippen molar-refractivity contribution in [3.63, 3.8) is 0 Å². The summed E-state index contributed by atoms with van der Waals surface area (Å²) in [4.78, 5) is 15.1. The van der Waals surface area contributed by atoms with E-state index >= 15 is 0 Å². The third-order valence-corrected chi connectivity index (χ3v) is 2.11. The van der Waals surface area contributed by atoms with E-state index in [1.807, 2.05) is 25.4 Å². The number of pyridine rings is 1. The molecule has 86 valence electrons. The van der Waals surface area contributed by atoms with Gasteiger partial charge in [0.15, 0.2) is 0 Å². The Hall–Kier alpha value is -1.84. The molecule has 4 heteroatoms. The molecule has 0 atom stereocenters. The Bertz CT molecular complexity index is 382. The molecule has 0 spiro atoms. The summed E-state index contributed by atoms with van der Waals surface area (Å²) in [6.07, 6.45) is 4.50. The average Bonchev–Trinajstić information content (AvgIpc) is 2.26. The van der Waals surface area contributed by atoms with Crippen LogP contribution in [0.25, 0.3) is 5.57 Å². The van der Waals surface area contributed by atoms with Crippen LogP contribution in [0.15, 0.2) is 24.5 Å². The van der Waals surface area contributed by atoms with E-state index in [-0.39, 0.29) is 5.91 Å². The van der Waals surface area contributed by atoms with Gasteiger partial charge in [0.1, 0.15) is 0 Å². The van der Waals surface area contributed by atoms with Gasteiger partial charge in [0.2, 0.25) is 5.91 Å². The molecule has 0 aliphatic rings. The van der Waals surface area contributed by atoms with Gasteiger partial charge in [-0.15, -0.1) is 0 Å². The molecule has 4 nitrogen and oxygen atoms in total. The summed E-state index contributed by atoms with van der Waals surface area (Å²) in [5, 5.41) is 5.68. The van der Waals surface area contributed by atoms with Crippen molar-refractivity contribution in [2.75, 3.05) is 12.4 Å². The Morgan fingerprint density at radius 2 is 2.25 bits per heavy atom.